The van der Waals surface area contributed by atoms with Gasteiger partial charge in [0.15, 0.2) is 5.69 Å². The molecule has 1 N–H and O–H groups in total. The number of aliphatic hydroxyl groups is 1. The van der Waals surface area contributed by atoms with Gasteiger partial charge in [-0.1, -0.05) is 5.16 Å². The van der Waals surface area contributed by atoms with Gasteiger partial charge in [0.2, 0.25) is 0 Å². The fraction of sp³-hybridized carbons (Fsp3) is 0.571. The Morgan fingerprint density at radius 1 is 1.35 bits per heavy atom. The minimum Gasteiger partial charge on any atom is -0.396 e. The minimum atomic E-state index is -4.53. The van der Waals surface area contributed by atoms with E-state index >= 15 is 0 Å². The van der Waals surface area contributed by atoms with Crippen molar-refractivity contribution in [3.63, 3.8) is 0 Å². The molecule has 3 heterocycles. The van der Waals surface area contributed by atoms with E-state index in [1.54, 1.807) is 0 Å². The first-order valence-corrected chi connectivity index (χ1v) is 7.27. The van der Waals surface area contributed by atoms with Gasteiger partial charge in [-0.15, -0.1) is 0 Å². The largest absolute Gasteiger partial charge is 0.435 e. The normalized spacial score (nSPS) is 15.0. The first kappa shape index (κ1) is 16.0. The Labute approximate surface area is 129 Å². The zero-order valence-corrected chi connectivity index (χ0v) is 12.3. The third-order valence-electron chi connectivity index (χ3n) is 3.69. The molecular formula is C14H16F3N3O3. The van der Waals surface area contributed by atoms with Crippen molar-refractivity contribution >= 4 is 0 Å². The maximum Gasteiger partial charge on any atom is 0.435 e. The number of halogens is 3. The summed E-state index contributed by atoms with van der Waals surface area (Å²) in [4.78, 5) is 0. The number of rotatable bonds is 5. The lowest BCUT2D eigenvalue weighted by Crippen LogP contribution is -2.12. The van der Waals surface area contributed by atoms with Crippen molar-refractivity contribution in [2.24, 2.45) is 0 Å². The summed E-state index contributed by atoms with van der Waals surface area (Å²) in [6, 6.07) is 0. The summed E-state index contributed by atoms with van der Waals surface area (Å²) >= 11 is 0. The number of alkyl halides is 3. The zero-order chi connectivity index (χ0) is 16.4. The van der Waals surface area contributed by atoms with Gasteiger partial charge in [0.05, 0.1) is 19.8 Å². The number of ether oxygens (including phenoxy) is 1. The van der Waals surface area contributed by atoms with E-state index in [0.717, 1.165) is 11.3 Å². The highest BCUT2D eigenvalue weighted by atomic mass is 19.4. The fourth-order valence-electron chi connectivity index (χ4n) is 2.59. The van der Waals surface area contributed by atoms with E-state index in [4.69, 9.17) is 14.4 Å². The van der Waals surface area contributed by atoms with Gasteiger partial charge in [0, 0.05) is 30.4 Å². The third kappa shape index (κ3) is 3.40. The fourth-order valence-corrected chi connectivity index (χ4v) is 2.59. The monoisotopic (exact) mass is 331 g/mol. The first-order chi connectivity index (χ1) is 11.0. The standard InChI is InChI=1S/C14H16F3N3O3/c15-14(16,17)13-9(2-1-4-21)6-20(18-13)7-11-10-8-22-5-3-12(10)23-19-11/h6,21H,1-5,7-8H2. The summed E-state index contributed by atoms with van der Waals surface area (Å²) in [5, 5.41) is 16.4. The van der Waals surface area contributed by atoms with E-state index < -0.39 is 11.9 Å². The van der Waals surface area contributed by atoms with E-state index in [0.29, 0.717) is 25.3 Å². The Morgan fingerprint density at radius 2 is 2.17 bits per heavy atom. The highest BCUT2D eigenvalue weighted by Crippen LogP contribution is 2.31. The molecule has 0 amide bonds. The summed E-state index contributed by atoms with van der Waals surface area (Å²) < 4.78 is 50.9. The molecule has 0 saturated heterocycles. The van der Waals surface area contributed by atoms with Crippen molar-refractivity contribution in [3.8, 4) is 0 Å². The molecule has 3 rings (SSSR count). The number of nitrogens with zero attached hydrogens (tertiary/aromatic N) is 3. The Kier molecular flexibility index (Phi) is 4.40. The van der Waals surface area contributed by atoms with Crippen LogP contribution in [0.5, 0.6) is 0 Å². The van der Waals surface area contributed by atoms with Gasteiger partial charge >= 0.3 is 6.18 Å². The van der Waals surface area contributed by atoms with Crippen LogP contribution in [-0.2, 0) is 36.9 Å². The molecule has 0 radical (unpaired) electrons. The van der Waals surface area contributed by atoms with Crippen LogP contribution in [0.1, 0.15) is 34.7 Å². The lowest BCUT2D eigenvalue weighted by atomic mass is 10.1. The predicted molar refractivity (Wildman–Crippen MR) is 71.6 cm³/mol. The lowest BCUT2D eigenvalue weighted by molar-refractivity contribution is -0.142. The Hall–Kier alpha value is -1.87. The van der Waals surface area contributed by atoms with Crippen LogP contribution in [0.2, 0.25) is 0 Å². The minimum absolute atomic E-state index is 0.0696. The second-order valence-electron chi connectivity index (χ2n) is 5.36. The molecule has 2 aromatic heterocycles. The Balaban J connectivity index is 1.85. The van der Waals surface area contributed by atoms with Crippen molar-refractivity contribution < 1.29 is 27.5 Å². The van der Waals surface area contributed by atoms with E-state index in [2.05, 4.69) is 10.3 Å². The number of hydrogen-bond donors (Lipinski definition) is 1. The van der Waals surface area contributed by atoms with E-state index in [-0.39, 0.29) is 31.6 Å². The molecule has 1 aliphatic heterocycles. The number of aryl methyl sites for hydroxylation is 1. The van der Waals surface area contributed by atoms with Gasteiger partial charge in [-0.25, -0.2) is 0 Å². The number of aliphatic hydroxyl groups excluding tert-OH is 1. The molecule has 9 heteroatoms. The summed E-state index contributed by atoms with van der Waals surface area (Å²) in [6.45, 7) is 0.812. The van der Waals surface area contributed by atoms with Gasteiger partial charge in [-0.3, -0.25) is 4.68 Å². The highest BCUT2D eigenvalue weighted by Gasteiger charge is 2.37. The van der Waals surface area contributed by atoms with Crippen LogP contribution >= 0.6 is 0 Å². The molecule has 126 valence electrons. The van der Waals surface area contributed by atoms with Crippen molar-refractivity contribution in [1.82, 2.24) is 14.9 Å². The van der Waals surface area contributed by atoms with Crippen molar-refractivity contribution in [1.29, 1.82) is 0 Å². The molecule has 0 fully saturated rings. The highest BCUT2D eigenvalue weighted by molar-refractivity contribution is 5.25. The van der Waals surface area contributed by atoms with Gasteiger partial charge in [0.1, 0.15) is 11.5 Å². The quantitative estimate of drug-likeness (QED) is 0.906. The molecular weight excluding hydrogens is 315 g/mol. The van der Waals surface area contributed by atoms with Crippen LogP contribution in [0.3, 0.4) is 0 Å². The topological polar surface area (TPSA) is 73.3 Å². The summed E-state index contributed by atoms with van der Waals surface area (Å²) in [6.07, 6.45) is -2.20. The first-order valence-electron chi connectivity index (χ1n) is 7.27. The summed E-state index contributed by atoms with van der Waals surface area (Å²) in [7, 11) is 0. The summed E-state index contributed by atoms with van der Waals surface area (Å²) in [5.41, 5.74) is 0.474. The molecule has 2 aromatic rings. The van der Waals surface area contributed by atoms with Crippen molar-refractivity contribution in [2.75, 3.05) is 13.2 Å². The smallest absolute Gasteiger partial charge is 0.396 e. The summed E-state index contributed by atoms with van der Waals surface area (Å²) in [5.74, 6) is 0.718. The van der Waals surface area contributed by atoms with Crippen molar-refractivity contribution in [3.05, 3.63) is 34.5 Å². The third-order valence-corrected chi connectivity index (χ3v) is 3.69. The Bertz CT molecular complexity index is 679. The van der Waals surface area contributed by atoms with E-state index in [9.17, 15) is 13.2 Å². The molecule has 1 aliphatic rings. The molecule has 0 saturated carbocycles. The van der Waals surface area contributed by atoms with Crippen LogP contribution in [0, 0.1) is 0 Å². The molecule has 0 aliphatic carbocycles. The van der Waals surface area contributed by atoms with Gasteiger partial charge in [-0.2, -0.15) is 18.3 Å². The molecule has 0 spiro atoms. The van der Waals surface area contributed by atoms with Gasteiger partial charge in [0.25, 0.3) is 0 Å². The molecule has 23 heavy (non-hydrogen) atoms. The van der Waals surface area contributed by atoms with Crippen LogP contribution < -0.4 is 0 Å². The number of fused-ring (bicyclic) bond motifs is 1. The van der Waals surface area contributed by atoms with E-state index in [1.807, 2.05) is 0 Å². The average molecular weight is 331 g/mol. The number of aromatic nitrogens is 3. The second kappa shape index (κ2) is 6.32. The van der Waals surface area contributed by atoms with Crippen LogP contribution in [0.25, 0.3) is 0 Å². The lowest BCUT2D eigenvalue weighted by Gasteiger charge is -2.10. The van der Waals surface area contributed by atoms with Crippen LogP contribution in [-0.4, -0.2) is 33.3 Å². The molecule has 0 unspecified atom stereocenters. The molecule has 0 aromatic carbocycles. The molecule has 0 atom stereocenters. The average Bonchev–Trinajstić information content (AvgIpc) is 3.10. The Morgan fingerprint density at radius 3 is 2.91 bits per heavy atom. The predicted octanol–water partition coefficient (Wildman–Crippen LogP) is 1.94. The van der Waals surface area contributed by atoms with Crippen molar-refractivity contribution in [2.45, 2.75) is 38.6 Å². The molecule has 0 bridgehead atoms. The maximum atomic E-state index is 13.0. The van der Waals surface area contributed by atoms with Gasteiger partial charge < -0.3 is 14.4 Å². The molecule has 6 nitrogen and oxygen atoms in total. The van der Waals surface area contributed by atoms with E-state index in [1.165, 1.54) is 10.9 Å². The van der Waals surface area contributed by atoms with Gasteiger partial charge in [-0.05, 0) is 12.8 Å². The zero-order valence-electron chi connectivity index (χ0n) is 12.3. The number of hydrogen-bond acceptors (Lipinski definition) is 5. The maximum absolute atomic E-state index is 13.0. The second-order valence-corrected chi connectivity index (χ2v) is 5.36. The van der Waals surface area contributed by atoms with Crippen LogP contribution in [0.4, 0.5) is 13.2 Å². The van der Waals surface area contributed by atoms with Crippen LogP contribution in [0.15, 0.2) is 10.7 Å². The SMILES string of the molecule is OCCCc1cn(Cc2noc3c2COCC3)nc1C(F)(F)F.